The minimum atomic E-state index is -0.492. The molecule has 0 saturated carbocycles. The minimum absolute atomic E-state index is 0.229. The average Bonchev–Trinajstić information content (AvgIpc) is 2.83. The summed E-state index contributed by atoms with van der Waals surface area (Å²) in [6, 6.07) is 11.6. The number of benzene rings is 2. The number of amides is 2. The molecule has 24 heavy (non-hydrogen) atoms. The molecule has 2 aromatic rings. The summed E-state index contributed by atoms with van der Waals surface area (Å²) in [7, 11) is 0. The molecule has 1 aliphatic rings. The SMILES string of the molecule is CCCOC(=O)c1ccc2c(c1)C(=O)N(c1cccc(C)c1)C2=O. The van der Waals surface area contributed by atoms with Gasteiger partial charge in [-0.15, -0.1) is 0 Å². The summed E-state index contributed by atoms with van der Waals surface area (Å²) in [5, 5.41) is 0. The highest BCUT2D eigenvalue weighted by molar-refractivity contribution is 6.34. The molecule has 0 bridgehead atoms. The molecule has 0 atom stereocenters. The van der Waals surface area contributed by atoms with Crippen molar-refractivity contribution in [3.8, 4) is 0 Å². The van der Waals surface area contributed by atoms with Gasteiger partial charge in [0.2, 0.25) is 0 Å². The molecule has 3 rings (SSSR count). The van der Waals surface area contributed by atoms with E-state index in [0.29, 0.717) is 17.9 Å². The van der Waals surface area contributed by atoms with E-state index in [4.69, 9.17) is 4.74 Å². The van der Waals surface area contributed by atoms with E-state index in [-0.39, 0.29) is 17.0 Å². The van der Waals surface area contributed by atoms with E-state index in [2.05, 4.69) is 0 Å². The summed E-state index contributed by atoms with van der Waals surface area (Å²) in [4.78, 5) is 38.3. The molecule has 1 heterocycles. The number of nitrogens with zero attached hydrogens (tertiary/aromatic N) is 1. The highest BCUT2D eigenvalue weighted by atomic mass is 16.5. The number of fused-ring (bicyclic) bond motifs is 1. The van der Waals surface area contributed by atoms with Gasteiger partial charge in [-0.25, -0.2) is 9.69 Å². The van der Waals surface area contributed by atoms with Crippen molar-refractivity contribution in [2.24, 2.45) is 0 Å². The van der Waals surface area contributed by atoms with E-state index in [1.54, 1.807) is 18.2 Å². The van der Waals surface area contributed by atoms with Crippen molar-refractivity contribution >= 4 is 23.5 Å². The number of esters is 1. The molecular weight excluding hydrogens is 306 g/mol. The van der Waals surface area contributed by atoms with E-state index in [1.165, 1.54) is 18.2 Å². The third-order valence-electron chi connectivity index (χ3n) is 3.82. The van der Waals surface area contributed by atoms with Crippen LogP contribution >= 0.6 is 0 Å². The van der Waals surface area contributed by atoms with Gasteiger partial charge >= 0.3 is 5.97 Å². The zero-order valence-corrected chi connectivity index (χ0v) is 13.5. The van der Waals surface area contributed by atoms with Crippen LogP contribution in [0.4, 0.5) is 5.69 Å². The number of hydrogen-bond donors (Lipinski definition) is 0. The Labute approximate surface area is 139 Å². The van der Waals surface area contributed by atoms with Gasteiger partial charge in [-0.1, -0.05) is 19.1 Å². The molecule has 0 spiro atoms. The molecule has 2 amide bonds. The van der Waals surface area contributed by atoms with E-state index in [9.17, 15) is 14.4 Å². The van der Waals surface area contributed by atoms with Gasteiger partial charge in [-0.3, -0.25) is 9.59 Å². The third-order valence-corrected chi connectivity index (χ3v) is 3.82. The second-order valence-corrected chi connectivity index (χ2v) is 5.68. The summed E-state index contributed by atoms with van der Waals surface area (Å²) in [5.74, 6) is -1.30. The predicted molar refractivity (Wildman–Crippen MR) is 89.3 cm³/mol. The number of ether oxygens (including phenoxy) is 1. The van der Waals surface area contributed by atoms with Crippen LogP contribution < -0.4 is 4.90 Å². The smallest absolute Gasteiger partial charge is 0.338 e. The van der Waals surface area contributed by atoms with Crippen molar-refractivity contribution < 1.29 is 19.1 Å². The molecule has 0 aliphatic carbocycles. The van der Waals surface area contributed by atoms with Crippen molar-refractivity contribution in [1.82, 2.24) is 0 Å². The van der Waals surface area contributed by atoms with Crippen LogP contribution in [0.15, 0.2) is 42.5 Å². The Balaban J connectivity index is 1.96. The lowest BCUT2D eigenvalue weighted by molar-refractivity contribution is 0.0505. The number of rotatable bonds is 4. The lowest BCUT2D eigenvalue weighted by Crippen LogP contribution is -2.29. The van der Waals surface area contributed by atoms with Crippen LogP contribution in [-0.2, 0) is 4.74 Å². The Morgan fingerprint density at radius 3 is 2.50 bits per heavy atom. The maximum Gasteiger partial charge on any atom is 0.338 e. The van der Waals surface area contributed by atoms with Crippen molar-refractivity contribution in [3.05, 3.63) is 64.7 Å². The molecule has 122 valence electrons. The zero-order chi connectivity index (χ0) is 17.3. The lowest BCUT2D eigenvalue weighted by atomic mass is 10.1. The highest BCUT2D eigenvalue weighted by Gasteiger charge is 2.37. The zero-order valence-electron chi connectivity index (χ0n) is 13.5. The first-order valence-electron chi connectivity index (χ1n) is 7.79. The van der Waals surface area contributed by atoms with Crippen LogP contribution in [0, 0.1) is 6.92 Å². The monoisotopic (exact) mass is 323 g/mol. The number of carbonyl (C=O) groups excluding carboxylic acids is 3. The van der Waals surface area contributed by atoms with Gasteiger partial charge in [0.05, 0.1) is 29.0 Å². The van der Waals surface area contributed by atoms with Gasteiger partial charge in [0.1, 0.15) is 0 Å². The summed E-state index contributed by atoms with van der Waals surface area (Å²) < 4.78 is 5.08. The Bertz CT molecular complexity index is 841. The van der Waals surface area contributed by atoms with Gasteiger partial charge in [-0.2, -0.15) is 0 Å². The fourth-order valence-corrected chi connectivity index (χ4v) is 2.65. The van der Waals surface area contributed by atoms with Gasteiger partial charge in [0.15, 0.2) is 0 Å². The molecule has 2 aromatic carbocycles. The number of hydrogen-bond acceptors (Lipinski definition) is 4. The second kappa shape index (κ2) is 6.28. The molecular formula is C19H17NO4. The molecule has 5 heteroatoms. The van der Waals surface area contributed by atoms with Crippen LogP contribution in [0.2, 0.25) is 0 Å². The number of aryl methyl sites for hydroxylation is 1. The molecule has 0 N–H and O–H groups in total. The van der Waals surface area contributed by atoms with Crippen molar-refractivity contribution in [1.29, 1.82) is 0 Å². The van der Waals surface area contributed by atoms with Crippen molar-refractivity contribution in [2.75, 3.05) is 11.5 Å². The number of anilines is 1. The third kappa shape index (κ3) is 2.69. The fraction of sp³-hybridized carbons (Fsp3) is 0.211. The molecule has 0 unspecified atom stereocenters. The minimum Gasteiger partial charge on any atom is -0.462 e. The second-order valence-electron chi connectivity index (χ2n) is 5.68. The van der Waals surface area contributed by atoms with Crippen LogP contribution in [0.3, 0.4) is 0 Å². The topological polar surface area (TPSA) is 63.7 Å². The van der Waals surface area contributed by atoms with Gasteiger partial charge in [0, 0.05) is 0 Å². The summed E-state index contributed by atoms with van der Waals surface area (Å²) in [5.41, 5.74) is 2.28. The molecule has 5 nitrogen and oxygen atoms in total. The Kier molecular flexibility index (Phi) is 4.16. The fourth-order valence-electron chi connectivity index (χ4n) is 2.65. The van der Waals surface area contributed by atoms with Crippen LogP contribution in [0.1, 0.15) is 50.0 Å². The highest BCUT2D eigenvalue weighted by Crippen LogP contribution is 2.29. The number of imide groups is 1. The van der Waals surface area contributed by atoms with Crippen molar-refractivity contribution in [2.45, 2.75) is 20.3 Å². The van der Waals surface area contributed by atoms with E-state index < -0.39 is 11.9 Å². The van der Waals surface area contributed by atoms with E-state index in [0.717, 1.165) is 16.9 Å². The summed E-state index contributed by atoms with van der Waals surface area (Å²) >= 11 is 0. The Morgan fingerprint density at radius 1 is 1.04 bits per heavy atom. The Morgan fingerprint density at radius 2 is 1.79 bits per heavy atom. The van der Waals surface area contributed by atoms with Gasteiger partial charge < -0.3 is 4.74 Å². The summed E-state index contributed by atoms with van der Waals surface area (Å²) in [6.07, 6.45) is 0.717. The predicted octanol–water partition coefficient (Wildman–Crippen LogP) is 3.36. The standard InChI is InChI=1S/C19H17NO4/c1-3-9-24-19(23)13-7-8-15-16(11-13)18(22)20(17(15)21)14-6-4-5-12(2)10-14/h4-8,10-11H,3,9H2,1-2H3. The Hall–Kier alpha value is -2.95. The van der Waals surface area contributed by atoms with E-state index in [1.807, 2.05) is 19.9 Å². The molecule has 0 saturated heterocycles. The number of carbonyl (C=O) groups is 3. The maximum atomic E-state index is 12.7. The molecule has 1 aliphatic heterocycles. The first-order valence-corrected chi connectivity index (χ1v) is 7.79. The molecule has 0 radical (unpaired) electrons. The van der Waals surface area contributed by atoms with Crippen LogP contribution in [0.25, 0.3) is 0 Å². The first-order chi connectivity index (χ1) is 11.5. The first kappa shape index (κ1) is 15.9. The van der Waals surface area contributed by atoms with Gasteiger partial charge in [-0.05, 0) is 49.2 Å². The van der Waals surface area contributed by atoms with Crippen LogP contribution in [-0.4, -0.2) is 24.4 Å². The summed E-state index contributed by atoms with van der Waals surface area (Å²) in [6.45, 7) is 4.11. The normalized spacial score (nSPS) is 13.2. The largest absolute Gasteiger partial charge is 0.462 e. The average molecular weight is 323 g/mol. The van der Waals surface area contributed by atoms with E-state index >= 15 is 0 Å². The molecule has 0 fully saturated rings. The lowest BCUT2D eigenvalue weighted by Gasteiger charge is -2.14. The maximum absolute atomic E-state index is 12.7. The van der Waals surface area contributed by atoms with Gasteiger partial charge in [0.25, 0.3) is 11.8 Å². The molecule has 0 aromatic heterocycles. The van der Waals surface area contributed by atoms with Crippen molar-refractivity contribution in [3.63, 3.8) is 0 Å². The van der Waals surface area contributed by atoms with Crippen LogP contribution in [0.5, 0.6) is 0 Å². The quantitative estimate of drug-likeness (QED) is 0.639.